The zero-order valence-electron chi connectivity index (χ0n) is 11.6. The Hall–Kier alpha value is -0.900. The summed E-state index contributed by atoms with van der Waals surface area (Å²) in [6.07, 6.45) is 4.45. The molecule has 0 bridgehead atoms. The topological polar surface area (TPSA) is 42.7 Å². The van der Waals surface area contributed by atoms with E-state index in [1.54, 1.807) is 0 Å². The van der Waals surface area contributed by atoms with E-state index in [2.05, 4.69) is 49.5 Å². The van der Waals surface area contributed by atoms with Gasteiger partial charge in [-0.15, -0.1) is 5.10 Å². The Bertz CT molecular complexity index is 306. The molecule has 1 unspecified atom stereocenters. The molecule has 1 aromatic heterocycles. The van der Waals surface area contributed by atoms with Crippen LogP contribution in [0.2, 0.25) is 0 Å². The molecule has 17 heavy (non-hydrogen) atoms. The molecule has 0 fully saturated rings. The molecule has 1 heterocycles. The molecule has 0 aliphatic carbocycles. The van der Waals surface area contributed by atoms with Crippen molar-refractivity contribution < 1.29 is 0 Å². The molecule has 4 heteroatoms. The number of aromatic nitrogens is 3. The first-order valence-electron chi connectivity index (χ1n) is 6.71. The van der Waals surface area contributed by atoms with Crippen LogP contribution in [0.25, 0.3) is 0 Å². The number of hydrogen-bond donors (Lipinski definition) is 1. The van der Waals surface area contributed by atoms with Crippen LogP contribution in [-0.4, -0.2) is 21.5 Å². The molecule has 0 aliphatic rings. The third-order valence-electron chi connectivity index (χ3n) is 2.69. The van der Waals surface area contributed by atoms with Crippen LogP contribution in [0.15, 0.2) is 6.20 Å². The molecule has 4 nitrogen and oxygen atoms in total. The summed E-state index contributed by atoms with van der Waals surface area (Å²) in [5, 5.41) is 11.7. The van der Waals surface area contributed by atoms with E-state index in [1.165, 1.54) is 6.42 Å². The van der Waals surface area contributed by atoms with Crippen LogP contribution in [0.4, 0.5) is 0 Å². The first-order valence-corrected chi connectivity index (χ1v) is 6.71. The van der Waals surface area contributed by atoms with Gasteiger partial charge >= 0.3 is 0 Å². The molecule has 1 rings (SSSR count). The van der Waals surface area contributed by atoms with Crippen molar-refractivity contribution in [3.63, 3.8) is 0 Å². The van der Waals surface area contributed by atoms with E-state index in [0.29, 0.717) is 5.92 Å². The van der Waals surface area contributed by atoms with Crippen molar-refractivity contribution in [1.82, 2.24) is 20.3 Å². The number of nitrogens with one attached hydrogen (secondary N) is 1. The molecule has 0 saturated heterocycles. The fraction of sp³-hybridized carbons (Fsp3) is 0.846. The van der Waals surface area contributed by atoms with Crippen molar-refractivity contribution in [3.05, 3.63) is 11.9 Å². The van der Waals surface area contributed by atoms with Gasteiger partial charge in [0.25, 0.3) is 0 Å². The fourth-order valence-corrected chi connectivity index (χ4v) is 2.10. The lowest BCUT2D eigenvalue weighted by atomic mass is 9.99. The van der Waals surface area contributed by atoms with Gasteiger partial charge in [-0.25, -0.2) is 0 Å². The van der Waals surface area contributed by atoms with Crippen LogP contribution in [0.3, 0.4) is 0 Å². The monoisotopic (exact) mass is 238 g/mol. The van der Waals surface area contributed by atoms with E-state index in [9.17, 15) is 0 Å². The minimum Gasteiger partial charge on any atom is -0.311 e. The van der Waals surface area contributed by atoms with Crippen molar-refractivity contribution in [2.75, 3.05) is 6.54 Å². The summed E-state index contributed by atoms with van der Waals surface area (Å²) >= 11 is 0. The maximum atomic E-state index is 4.17. The summed E-state index contributed by atoms with van der Waals surface area (Å²) in [6, 6.07) is 0. The third kappa shape index (κ3) is 5.82. The first-order chi connectivity index (χ1) is 8.11. The molecule has 1 atom stereocenters. The van der Waals surface area contributed by atoms with Crippen molar-refractivity contribution >= 4 is 0 Å². The first kappa shape index (κ1) is 14.2. The predicted molar refractivity (Wildman–Crippen MR) is 70.6 cm³/mol. The zero-order valence-corrected chi connectivity index (χ0v) is 11.6. The Labute approximate surface area is 105 Å². The van der Waals surface area contributed by atoms with Crippen molar-refractivity contribution in [2.24, 2.45) is 11.8 Å². The SMILES string of the molecule is CCCNCc1cn(CC(C)CC(C)C)nn1. The number of hydrogen-bond acceptors (Lipinski definition) is 3. The summed E-state index contributed by atoms with van der Waals surface area (Å²) in [7, 11) is 0. The predicted octanol–water partition coefficient (Wildman–Crippen LogP) is 2.46. The van der Waals surface area contributed by atoms with E-state index >= 15 is 0 Å². The smallest absolute Gasteiger partial charge is 0.0964 e. The van der Waals surface area contributed by atoms with E-state index in [4.69, 9.17) is 0 Å². The van der Waals surface area contributed by atoms with Crippen LogP contribution in [0.1, 0.15) is 46.2 Å². The van der Waals surface area contributed by atoms with Gasteiger partial charge in [-0.2, -0.15) is 0 Å². The van der Waals surface area contributed by atoms with Crippen molar-refractivity contribution in [2.45, 2.75) is 53.6 Å². The molecule has 0 amide bonds. The lowest BCUT2D eigenvalue weighted by molar-refractivity contribution is 0.369. The van der Waals surface area contributed by atoms with Crippen molar-refractivity contribution in [3.8, 4) is 0 Å². The fourth-order valence-electron chi connectivity index (χ4n) is 2.10. The normalized spacial score (nSPS) is 13.2. The molecule has 0 aromatic carbocycles. The highest BCUT2D eigenvalue weighted by molar-refractivity contribution is 4.91. The molecule has 1 aromatic rings. The Morgan fingerprint density at radius 3 is 2.76 bits per heavy atom. The van der Waals surface area contributed by atoms with Crippen LogP contribution in [0.5, 0.6) is 0 Å². The van der Waals surface area contributed by atoms with Gasteiger partial charge in [-0.1, -0.05) is 32.9 Å². The quantitative estimate of drug-likeness (QED) is 0.707. The zero-order chi connectivity index (χ0) is 12.7. The van der Waals surface area contributed by atoms with Crippen LogP contribution < -0.4 is 5.32 Å². The molecule has 0 aliphatic heterocycles. The van der Waals surface area contributed by atoms with E-state index < -0.39 is 0 Å². The molecular weight excluding hydrogens is 212 g/mol. The summed E-state index contributed by atoms with van der Waals surface area (Å²) < 4.78 is 1.97. The van der Waals surface area contributed by atoms with Gasteiger partial charge in [0.15, 0.2) is 0 Å². The number of nitrogens with zero attached hydrogens (tertiary/aromatic N) is 3. The highest BCUT2D eigenvalue weighted by atomic mass is 15.4. The second-order valence-corrected chi connectivity index (χ2v) is 5.34. The summed E-state index contributed by atoms with van der Waals surface area (Å²) in [6.45, 7) is 11.8. The largest absolute Gasteiger partial charge is 0.311 e. The van der Waals surface area contributed by atoms with Gasteiger partial charge in [0.1, 0.15) is 0 Å². The van der Waals surface area contributed by atoms with Gasteiger partial charge in [-0.05, 0) is 31.2 Å². The van der Waals surface area contributed by atoms with Gasteiger partial charge < -0.3 is 5.32 Å². The minimum atomic E-state index is 0.660. The summed E-state index contributed by atoms with van der Waals surface area (Å²) in [5.74, 6) is 1.41. The highest BCUT2D eigenvalue weighted by Crippen LogP contribution is 2.12. The molecule has 98 valence electrons. The second-order valence-electron chi connectivity index (χ2n) is 5.34. The molecular formula is C13H26N4. The summed E-state index contributed by atoms with van der Waals surface area (Å²) in [5.41, 5.74) is 1.04. The lowest BCUT2D eigenvalue weighted by Gasteiger charge is -2.12. The van der Waals surface area contributed by atoms with Gasteiger partial charge in [0.2, 0.25) is 0 Å². The molecule has 0 spiro atoms. The Kier molecular flexibility index (Phi) is 6.19. The van der Waals surface area contributed by atoms with E-state index in [0.717, 1.165) is 37.7 Å². The van der Waals surface area contributed by atoms with E-state index in [1.807, 2.05) is 4.68 Å². The average Bonchev–Trinajstić information content (AvgIpc) is 2.64. The van der Waals surface area contributed by atoms with Crippen LogP contribution >= 0.6 is 0 Å². The van der Waals surface area contributed by atoms with Gasteiger partial charge in [0, 0.05) is 19.3 Å². The standard InChI is InChI=1S/C13H26N4/c1-5-6-14-8-13-10-17(16-15-13)9-12(4)7-11(2)3/h10-12,14H,5-9H2,1-4H3. The summed E-state index contributed by atoms with van der Waals surface area (Å²) in [4.78, 5) is 0. The van der Waals surface area contributed by atoms with Crippen LogP contribution in [0, 0.1) is 11.8 Å². The maximum absolute atomic E-state index is 4.17. The molecule has 1 N–H and O–H groups in total. The number of rotatable bonds is 8. The van der Waals surface area contributed by atoms with E-state index in [-0.39, 0.29) is 0 Å². The van der Waals surface area contributed by atoms with Crippen LogP contribution in [-0.2, 0) is 13.1 Å². The highest BCUT2D eigenvalue weighted by Gasteiger charge is 2.07. The second kappa shape index (κ2) is 7.43. The van der Waals surface area contributed by atoms with Gasteiger partial charge in [-0.3, -0.25) is 4.68 Å². The minimum absolute atomic E-state index is 0.660. The van der Waals surface area contributed by atoms with Gasteiger partial charge in [0.05, 0.1) is 5.69 Å². The Morgan fingerprint density at radius 2 is 2.12 bits per heavy atom. The molecule has 0 saturated carbocycles. The Balaban J connectivity index is 2.34. The Morgan fingerprint density at radius 1 is 1.35 bits per heavy atom. The third-order valence-corrected chi connectivity index (χ3v) is 2.69. The molecule has 0 radical (unpaired) electrons. The lowest BCUT2D eigenvalue weighted by Crippen LogP contribution is -2.14. The van der Waals surface area contributed by atoms with Crippen molar-refractivity contribution in [1.29, 1.82) is 0 Å². The maximum Gasteiger partial charge on any atom is 0.0964 e. The average molecular weight is 238 g/mol.